The SMILES string of the molecule is Cc1nc2c(-c3cccs3)cnn2c(Cl)c1C(C)C. The summed E-state index contributed by atoms with van der Waals surface area (Å²) in [6.45, 7) is 6.24. The average Bonchev–Trinajstić information content (AvgIpc) is 2.95. The van der Waals surface area contributed by atoms with Crippen molar-refractivity contribution in [3.63, 3.8) is 0 Å². The topological polar surface area (TPSA) is 30.2 Å². The minimum absolute atomic E-state index is 0.332. The third kappa shape index (κ3) is 1.95. The van der Waals surface area contributed by atoms with E-state index in [4.69, 9.17) is 16.6 Å². The number of hydrogen-bond acceptors (Lipinski definition) is 3. The summed E-state index contributed by atoms with van der Waals surface area (Å²) >= 11 is 8.16. The zero-order valence-electron chi connectivity index (χ0n) is 11.0. The molecule has 0 spiro atoms. The number of fused-ring (bicyclic) bond motifs is 1. The Hall–Kier alpha value is -1.39. The number of nitrogens with zero attached hydrogens (tertiary/aromatic N) is 3. The Morgan fingerprint density at radius 3 is 2.79 bits per heavy atom. The molecule has 98 valence electrons. The van der Waals surface area contributed by atoms with Crippen LogP contribution in [0.25, 0.3) is 16.1 Å². The fourth-order valence-corrected chi connectivity index (χ4v) is 3.55. The maximum Gasteiger partial charge on any atom is 0.165 e. The molecule has 0 bridgehead atoms. The first kappa shape index (κ1) is 12.6. The molecule has 5 heteroatoms. The van der Waals surface area contributed by atoms with E-state index in [2.05, 4.69) is 30.4 Å². The smallest absolute Gasteiger partial charge is 0.165 e. The van der Waals surface area contributed by atoms with E-state index >= 15 is 0 Å². The highest BCUT2D eigenvalue weighted by atomic mass is 35.5. The maximum atomic E-state index is 6.48. The normalized spacial score (nSPS) is 11.6. The molecular formula is C14H14ClN3S. The van der Waals surface area contributed by atoms with Crippen LogP contribution in [0, 0.1) is 6.92 Å². The lowest BCUT2D eigenvalue weighted by Gasteiger charge is -2.12. The van der Waals surface area contributed by atoms with Crippen LogP contribution >= 0.6 is 22.9 Å². The van der Waals surface area contributed by atoms with Crippen LogP contribution in [0.3, 0.4) is 0 Å². The van der Waals surface area contributed by atoms with Crippen molar-refractivity contribution in [3.05, 3.63) is 40.1 Å². The van der Waals surface area contributed by atoms with Gasteiger partial charge in [-0.2, -0.15) is 5.10 Å². The lowest BCUT2D eigenvalue weighted by atomic mass is 10.0. The molecule has 0 N–H and O–H groups in total. The van der Waals surface area contributed by atoms with Crippen LogP contribution in [0.4, 0.5) is 0 Å². The first-order valence-corrected chi connectivity index (χ1v) is 7.43. The number of halogens is 1. The summed E-state index contributed by atoms with van der Waals surface area (Å²) in [7, 11) is 0. The number of aromatic nitrogens is 3. The van der Waals surface area contributed by atoms with Crippen LogP contribution in [-0.2, 0) is 0 Å². The number of hydrogen-bond donors (Lipinski definition) is 0. The molecule has 0 saturated heterocycles. The average molecular weight is 292 g/mol. The van der Waals surface area contributed by atoms with Gasteiger partial charge in [-0.15, -0.1) is 11.3 Å². The molecule has 0 radical (unpaired) electrons. The maximum absolute atomic E-state index is 6.48. The second-order valence-corrected chi connectivity index (χ2v) is 6.13. The van der Waals surface area contributed by atoms with Gasteiger partial charge < -0.3 is 0 Å². The third-order valence-electron chi connectivity index (χ3n) is 3.18. The van der Waals surface area contributed by atoms with Crippen molar-refractivity contribution >= 4 is 28.6 Å². The zero-order valence-corrected chi connectivity index (χ0v) is 12.6. The summed E-state index contributed by atoms with van der Waals surface area (Å²) in [5, 5.41) is 7.11. The van der Waals surface area contributed by atoms with Crippen LogP contribution in [0.15, 0.2) is 23.7 Å². The van der Waals surface area contributed by atoms with Gasteiger partial charge in [0.1, 0.15) is 5.15 Å². The molecule has 0 aromatic carbocycles. The molecule has 3 nitrogen and oxygen atoms in total. The molecular weight excluding hydrogens is 278 g/mol. The van der Waals surface area contributed by atoms with Gasteiger partial charge in [0.05, 0.1) is 11.8 Å². The summed E-state index contributed by atoms with van der Waals surface area (Å²) in [6.07, 6.45) is 1.84. The van der Waals surface area contributed by atoms with Gasteiger partial charge in [-0.05, 0) is 24.3 Å². The van der Waals surface area contributed by atoms with Gasteiger partial charge in [0, 0.05) is 16.1 Å². The van der Waals surface area contributed by atoms with Gasteiger partial charge in [-0.3, -0.25) is 0 Å². The second kappa shape index (κ2) is 4.62. The Balaban J connectivity index is 2.32. The molecule has 0 aliphatic carbocycles. The van der Waals surface area contributed by atoms with Crippen molar-refractivity contribution in [1.29, 1.82) is 0 Å². The fourth-order valence-electron chi connectivity index (χ4n) is 2.34. The molecule has 19 heavy (non-hydrogen) atoms. The number of rotatable bonds is 2. The van der Waals surface area contributed by atoms with Crippen molar-refractivity contribution in [2.45, 2.75) is 26.7 Å². The van der Waals surface area contributed by atoms with Gasteiger partial charge in [0.15, 0.2) is 5.65 Å². The van der Waals surface area contributed by atoms with Crippen molar-refractivity contribution < 1.29 is 0 Å². The van der Waals surface area contributed by atoms with Crippen molar-refractivity contribution in [3.8, 4) is 10.4 Å². The highest BCUT2D eigenvalue weighted by molar-refractivity contribution is 7.13. The molecule has 0 saturated carbocycles. The Morgan fingerprint density at radius 1 is 1.37 bits per heavy atom. The molecule has 0 amide bonds. The minimum atomic E-state index is 0.332. The highest BCUT2D eigenvalue weighted by Gasteiger charge is 2.18. The van der Waals surface area contributed by atoms with E-state index in [1.54, 1.807) is 15.9 Å². The molecule has 0 aliphatic rings. The summed E-state index contributed by atoms with van der Waals surface area (Å²) in [5.74, 6) is 0.332. The third-order valence-corrected chi connectivity index (χ3v) is 4.45. The first-order valence-electron chi connectivity index (χ1n) is 6.17. The summed E-state index contributed by atoms with van der Waals surface area (Å²) in [6, 6.07) is 4.10. The van der Waals surface area contributed by atoms with Gasteiger partial charge >= 0.3 is 0 Å². The summed E-state index contributed by atoms with van der Waals surface area (Å²) in [4.78, 5) is 5.86. The zero-order chi connectivity index (χ0) is 13.6. The molecule has 3 heterocycles. The lowest BCUT2D eigenvalue weighted by Crippen LogP contribution is -2.04. The van der Waals surface area contributed by atoms with E-state index in [-0.39, 0.29) is 0 Å². The second-order valence-electron chi connectivity index (χ2n) is 4.83. The molecule has 3 aromatic heterocycles. The number of thiophene rings is 1. The Morgan fingerprint density at radius 2 is 2.16 bits per heavy atom. The molecule has 0 atom stereocenters. The van der Waals surface area contributed by atoms with E-state index in [0.29, 0.717) is 11.1 Å². The quantitative estimate of drug-likeness (QED) is 0.649. The molecule has 3 aromatic rings. The van der Waals surface area contributed by atoms with Crippen molar-refractivity contribution in [1.82, 2.24) is 14.6 Å². The first-order chi connectivity index (χ1) is 9.09. The fraction of sp³-hybridized carbons (Fsp3) is 0.286. The monoisotopic (exact) mass is 291 g/mol. The largest absolute Gasteiger partial charge is 0.233 e. The van der Waals surface area contributed by atoms with Crippen LogP contribution in [0.5, 0.6) is 0 Å². The van der Waals surface area contributed by atoms with Crippen LogP contribution in [0.1, 0.15) is 31.0 Å². The molecule has 0 unspecified atom stereocenters. The lowest BCUT2D eigenvalue weighted by molar-refractivity contribution is 0.807. The Kier molecular flexibility index (Phi) is 3.07. The summed E-state index contributed by atoms with van der Waals surface area (Å²) in [5.41, 5.74) is 3.91. The molecule has 3 rings (SSSR count). The van der Waals surface area contributed by atoms with Gasteiger partial charge in [-0.25, -0.2) is 9.50 Å². The van der Waals surface area contributed by atoms with Crippen LogP contribution in [0.2, 0.25) is 5.15 Å². The van der Waals surface area contributed by atoms with E-state index in [0.717, 1.165) is 27.3 Å². The Labute approximate surface area is 120 Å². The van der Waals surface area contributed by atoms with E-state index in [1.807, 2.05) is 19.2 Å². The van der Waals surface area contributed by atoms with Crippen LogP contribution < -0.4 is 0 Å². The standard InChI is InChI=1S/C14H14ClN3S/c1-8(2)12-9(3)17-14-10(11-5-4-6-19-11)7-16-18(14)13(12)15/h4-8H,1-3H3. The number of aryl methyl sites for hydroxylation is 1. The van der Waals surface area contributed by atoms with Crippen molar-refractivity contribution in [2.75, 3.05) is 0 Å². The van der Waals surface area contributed by atoms with Crippen molar-refractivity contribution in [2.24, 2.45) is 0 Å². The minimum Gasteiger partial charge on any atom is -0.233 e. The van der Waals surface area contributed by atoms with Gasteiger partial charge in [0.25, 0.3) is 0 Å². The van der Waals surface area contributed by atoms with Crippen LogP contribution in [-0.4, -0.2) is 14.6 Å². The molecule has 0 fully saturated rings. The highest BCUT2D eigenvalue weighted by Crippen LogP contribution is 2.32. The predicted molar refractivity (Wildman–Crippen MR) is 80.1 cm³/mol. The van der Waals surface area contributed by atoms with E-state index in [1.165, 1.54) is 0 Å². The summed E-state index contributed by atoms with van der Waals surface area (Å²) < 4.78 is 1.74. The van der Waals surface area contributed by atoms with Gasteiger partial charge in [-0.1, -0.05) is 31.5 Å². The van der Waals surface area contributed by atoms with Gasteiger partial charge in [0.2, 0.25) is 0 Å². The predicted octanol–water partition coefficient (Wildman–Crippen LogP) is 4.54. The molecule has 0 aliphatic heterocycles. The Bertz CT molecular complexity index is 729. The van der Waals surface area contributed by atoms with E-state index < -0.39 is 0 Å². The van der Waals surface area contributed by atoms with E-state index in [9.17, 15) is 0 Å².